The summed E-state index contributed by atoms with van der Waals surface area (Å²) in [5.74, 6) is 2.16. The van der Waals surface area contributed by atoms with Crippen LogP contribution < -0.4 is 5.73 Å². The van der Waals surface area contributed by atoms with Crippen LogP contribution in [0.15, 0.2) is 4.99 Å². The van der Waals surface area contributed by atoms with E-state index in [4.69, 9.17) is 5.73 Å². The Balaban J connectivity index is 0.00000324. The molecule has 1 heterocycles. The van der Waals surface area contributed by atoms with E-state index in [0.717, 1.165) is 25.6 Å². The van der Waals surface area contributed by atoms with E-state index in [1.54, 1.807) is 0 Å². The van der Waals surface area contributed by atoms with Gasteiger partial charge in [0.1, 0.15) is 0 Å². The molecular formula is C14H31IN4. The van der Waals surface area contributed by atoms with Crippen molar-refractivity contribution >= 4 is 29.9 Å². The first-order valence-electron chi connectivity index (χ1n) is 7.34. The van der Waals surface area contributed by atoms with Crippen molar-refractivity contribution < 1.29 is 0 Å². The smallest absolute Gasteiger partial charge is 0.191 e. The maximum Gasteiger partial charge on any atom is 0.191 e. The van der Waals surface area contributed by atoms with E-state index >= 15 is 0 Å². The van der Waals surface area contributed by atoms with Gasteiger partial charge in [0, 0.05) is 32.7 Å². The second kappa shape index (κ2) is 9.80. The molecule has 2 N–H and O–H groups in total. The number of hydrogen-bond acceptors (Lipinski definition) is 2. The minimum Gasteiger partial charge on any atom is -0.370 e. The third-order valence-electron chi connectivity index (χ3n) is 3.59. The first-order valence-corrected chi connectivity index (χ1v) is 7.34. The van der Waals surface area contributed by atoms with Crippen molar-refractivity contribution in [3.05, 3.63) is 0 Å². The summed E-state index contributed by atoms with van der Waals surface area (Å²) >= 11 is 0. The lowest BCUT2D eigenvalue weighted by Gasteiger charge is -2.20. The molecule has 1 fully saturated rings. The highest BCUT2D eigenvalue weighted by atomic mass is 127. The molecule has 0 aromatic rings. The first-order chi connectivity index (χ1) is 8.56. The minimum absolute atomic E-state index is 0. The molecule has 0 aliphatic carbocycles. The highest BCUT2D eigenvalue weighted by molar-refractivity contribution is 14.0. The second-order valence-corrected chi connectivity index (χ2v) is 5.68. The SMILES string of the molecule is CCN(CC)C(N)=NCC1CCN(CC(C)C)C1.I. The summed E-state index contributed by atoms with van der Waals surface area (Å²) in [6, 6.07) is 0. The Labute approximate surface area is 135 Å². The molecule has 1 saturated heterocycles. The van der Waals surface area contributed by atoms with Crippen LogP contribution in [0.5, 0.6) is 0 Å². The molecule has 1 aliphatic heterocycles. The van der Waals surface area contributed by atoms with E-state index in [2.05, 4.69) is 42.5 Å². The fraction of sp³-hybridized carbons (Fsp3) is 0.929. The van der Waals surface area contributed by atoms with Crippen LogP contribution in [0.4, 0.5) is 0 Å². The lowest BCUT2D eigenvalue weighted by molar-refractivity contribution is 0.288. The fourth-order valence-corrected chi connectivity index (χ4v) is 2.61. The Bertz CT molecular complexity index is 264. The predicted octanol–water partition coefficient (Wildman–Crippen LogP) is 2.24. The predicted molar refractivity (Wildman–Crippen MR) is 94.2 cm³/mol. The zero-order valence-corrected chi connectivity index (χ0v) is 15.3. The summed E-state index contributed by atoms with van der Waals surface area (Å²) in [4.78, 5) is 9.22. The molecular weight excluding hydrogens is 351 g/mol. The summed E-state index contributed by atoms with van der Waals surface area (Å²) in [7, 11) is 0. The molecule has 19 heavy (non-hydrogen) atoms. The molecule has 0 radical (unpaired) electrons. The maximum absolute atomic E-state index is 5.99. The molecule has 1 aliphatic rings. The van der Waals surface area contributed by atoms with E-state index in [1.807, 2.05) is 0 Å². The summed E-state index contributed by atoms with van der Waals surface area (Å²) < 4.78 is 0. The summed E-state index contributed by atoms with van der Waals surface area (Å²) in [5, 5.41) is 0. The molecule has 1 unspecified atom stereocenters. The molecule has 1 atom stereocenters. The topological polar surface area (TPSA) is 44.9 Å². The van der Waals surface area contributed by atoms with Crippen molar-refractivity contribution in [2.75, 3.05) is 39.3 Å². The van der Waals surface area contributed by atoms with Crippen molar-refractivity contribution in [3.8, 4) is 0 Å². The van der Waals surface area contributed by atoms with Gasteiger partial charge in [-0.1, -0.05) is 13.8 Å². The van der Waals surface area contributed by atoms with E-state index < -0.39 is 0 Å². The van der Waals surface area contributed by atoms with Crippen molar-refractivity contribution in [3.63, 3.8) is 0 Å². The number of likely N-dealkylation sites (tertiary alicyclic amines) is 1. The molecule has 0 bridgehead atoms. The highest BCUT2D eigenvalue weighted by Gasteiger charge is 2.22. The van der Waals surface area contributed by atoms with Crippen LogP contribution in [0, 0.1) is 11.8 Å². The normalized spacial score (nSPS) is 20.7. The number of nitrogens with zero attached hydrogens (tertiary/aromatic N) is 3. The largest absolute Gasteiger partial charge is 0.370 e. The standard InChI is InChI=1S/C14H30N4.HI/c1-5-18(6-2)14(15)16-9-13-7-8-17(11-13)10-12(3)4;/h12-13H,5-11H2,1-4H3,(H2,15,16);1H. The van der Waals surface area contributed by atoms with Crippen molar-refractivity contribution in [1.82, 2.24) is 9.80 Å². The molecule has 0 spiro atoms. The van der Waals surface area contributed by atoms with Gasteiger partial charge in [0.05, 0.1) is 0 Å². The highest BCUT2D eigenvalue weighted by Crippen LogP contribution is 2.17. The molecule has 5 heteroatoms. The molecule has 0 aromatic carbocycles. The number of nitrogens with two attached hydrogens (primary N) is 1. The summed E-state index contributed by atoms with van der Waals surface area (Å²) in [5.41, 5.74) is 5.99. The Hall–Kier alpha value is -0.0400. The van der Waals surface area contributed by atoms with Crippen LogP contribution in [0.1, 0.15) is 34.1 Å². The van der Waals surface area contributed by atoms with E-state index in [1.165, 1.54) is 26.1 Å². The number of guanidine groups is 1. The molecule has 4 nitrogen and oxygen atoms in total. The number of aliphatic imine (C=N–C) groups is 1. The third kappa shape index (κ3) is 6.79. The number of rotatable bonds is 6. The zero-order chi connectivity index (χ0) is 13.5. The van der Waals surface area contributed by atoms with Crippen LogP contribution in [0.3, 0.4) is 0 Å². The quantitative estimate of drug-likeness (QED) is 0.435. The van der Waals surface area contributed by atoms with Crippen LogP contribution >= 0.6 is 24.0 Å². The average molecular weight is 382 g/mol. The summed E-state index contributed by atoms with van der Waals surface area (Å²) in [6.45, 7) is 15.2. The van der Waals surface area contributed by atoms with E-state index in [-0.39, 0.29) is 24.0 Å². The molecule has 114 valence electrons. The van der Waals surface area contributed by atoms with Gasteiger partial charge in [0.15, 0.2) is 5.96 Å². The Morgan fingerprint density at radius 2 is 2.00 bits per heavy atom. The summed E-state index contributed by atoms with van der Waals surface area (Å²) in [6.07, 6.45) is 1.27. The van der Waals surface area contributed by atoms with Crippen LogP contribution in [0.25, 0.3) is 0 Å². The third-order valence-corrected chi connectivity index (χ3v) is 3.59. The lowest BCUT2D eigenvalue weighted by Crippen LogP contribution is -2.37. The van der Waals surface area contributed by atoms with Gasteiger partial charge in [-0.2, -0.15) is 0 Å². The van der Waals surface area contributed by atoms with Gasteiger partial charge in [-0.25, -0.2) is 0 Å². The maximum atomic E-state index is 5.99. The monoisotopic (exact) mass is 382 g/mol. The number of hydrogen-bond donors (Lipinski definition) is 1. The van der Waals surface area contributed by atoms with Gasteiger partial charge in [-0.15, -0.1) is 24.0 Å². The Kier molecular flexibility index (Phi) is 9.78. The molecule has 0 aromatic heterocycles. The van der Waals surface area contributed by atoms with Gasteiger partial charge in [-0.3, -0.25) is 4.99 Å². The molecule has 0 saturated carbocycles. The second-order valence-electron chi connectivity index (χ2n) is 5.68. The van der Waals surface area contributed by atoms with Gasteiger partial charge < -0.3 is 15.5 Å². The average Bonchev–Trinajstić information content (AvgIpc) is 2.75. The Morgan fingerprint density at radius 3 is 2.53 bits per heavy atom. The first kappa shape index (κ1) is 19.0. The van der Waals surface area contributed by atoms with Crippen molar-refractivity contribution in [2.45, 2.75) is 34.1 Å². The van der Waals surface area contributed by atoms with Gasteiger partial charge in [0.25, 0.3) is 0 Å². The van der Waals surface area contributed by atoms with Crippen molar-refractivity contribution in [1.29, 1.82) is 0 Å². The fourth-order valence-electron chi connectivity index (χ4n) is 2.61. The zero-order valence-electron chi connectivity index (χ0n) is 12.9. The van der Waals surface area contributed by atoms with Crippen LogP contribution in [-0.4, -0.2) is 55.0 Å². The minimum atomic E-state index is 0. The van der Waals surface area contributed by atoms with E-state index in [0.29, 0.717) is 11.9 Å². The van der Waals surface area contributed by atoms with Gasteiger partial charge in [0.2, 0.25) is 0 Å². The van der Waals surface area contributed by atoms with E-state index in [9.17, 15) is 0 Å². The van der Waals surface area contributed by atoms with Gasteiger partial charge >= 0.3 is 0 Å². The lowest BCUT2D eigenvalue weighted by atomic mass is 10.1. The van der Waals surface area contributed by atoms with Gasteiger partial charge in [-0.05, 0) is 38.6 Å². The molecule has 0 amide bonds. The van der Waals surface area contributed by atoms with Crippen molar-refractivity contribution in [2.24, 2.45) is 22.6 Å². The Morgan fingerprint density at radius 1 is 1.37 bits per heavy atom. The number of halogens is 1. The van der Waals surface area contributed by atoms with Crippen LogP contribution in [0.2, 0.25) is 0 Å². The molecule has 1 rings (SSSR count). The van der Waals surface area contributed by atoms with Crippen LogP contribution in [-0.2, 0) is 0 Å².